The second-order valence-corrected chi connectivity index (χ2v) is 17.5. The summed E-state index contributed by atoms with van der Waals surface area (Å²) < 4.78 is 0. The fourth-order valence-electron chi connectivity index (χ4n) is 10.7. The van der Waals surface area contributed by atoms with Crippen LogP contribution in [0.25, 0.3) is 55.5 Å². The van der Waals surface area contributed by atoms with Crippen molar-refractivity contribution in [3.8, 4) is 44.8 Å². The second kappa shape index (κ2) is 14.4. The number of benzene rings is 9. The molecule has 0 saturated heterocycles. The van der Waals surface area contributed by atoms with Gasteiger partial charge in [-0.15, -0.1) is 0 Å². The van der Waals surface area contributed by atoms with E-state index in [9.17, 15) is 0 Å². The van der Waals surface area contributed by atoms with E-state index < -0.39 is 5.41 Å². The molecule has 0 N–H and O–H groups in total. The van der Waals surface area contributed by atoms with Gasteiger partial charge in [0.15, 0.2) is 0 Å². The first-order valence-electron chi connectivity index (χ1n) is 22.0. The van der Waals surface area contributed by atoms with Crippen LogP contribution in [0, 0.1) is 0 Å². The fourth-order valence-corrected chi connectivity index (χ4v) is 10.7. The molecule has 9 aromatic carbocycles. The minimum absolute atomic E-state index is 0.153. The van der Waals surface area contributed by atoms with E-state index in [2.05, 4.69) is 249 Å². The number of anilines is 3. The molecular formula is C61H44N2. The van der Waals surface area contributed by atoms with Crippen molar-refractivity contribution in [1.82, 2.24) is 4.98 Å². The van der Waals surface area contributed by atoms with Gasteiger partial charge in [0.1, 0.15) is 0 Å². The molecule has 2 nitrogen and oxygen atoms in total. The number of fused-ring (bicyclic) bond motifs is 7. The van der Waals surface area contributed by atoms with Gasteiger partial charge in [0, 0.05) is 27.9 Å². The van der Waals surface area contributed by atoms with Crippen molar-refractivity contribution in [2.45, 2.75) is 24.7 Å². The van der Waals surface area contributed by atoms with Crippen LogP contribution in [0.2, 0.25) is 0 Å². The molecule has 0 unspecified atom stereocenters. The summed E-state index contributed by atoms with van der Waals surface area (Å²) >= 11 is 0. The average molecular weight is 805 g/mol. The van der Waals surface area contributed by atoms with E-state index in [0.29, 0.717) is 0 Å². The molecule has 1 heterocycles. The summed E-state index contributed by atoms with van der Waals surface area (Å²) in [4.78, 5) is 7.81. The molecule has 0 spiro atoms. The summed E-state index contributed by atoms with van der Waals surface area (Å²) in [6.45, 7) is 4.74. The maximum absolute atomic E-state index is 5.34. The van der Waals surface area contributed by atoms with Crippen molar-refractivity contribution in [3.05, 3.63) is 264 Å². The van der Waals surface area contributed by atoms with Gasteiger partial charge >= 0.3 is 0 Å². The van der Waals surface area contributed by atoms with Crippen LogP contribution in [0.1, 0.15) is 47.2 Å². The number of hydrogen-bond acceptors (Lipinski definition) is 2. The van der Waals surface area contributed by atoms with Crippen LogP contribution < -0.4 is 4.90 Å². The zero-order chi connectivity index (χ0) is 42.1. The Morgan fingerprint density at radius 3 is 1.46 bits per heavy atom. The minimum Gasteiger partial charge on any atom is -0.310 e. The zero-order valence-corrected chi connectivity index (χ0v) is 35.3. The first kappa shape index (κ1) is 37.0. The monoisotopic (exact) mass is 804 g/mol. The lowest BCUT2D eigenvalue weighted by atomic mass is 9.67. The van der Waals surface area contributed by atoms with Crippen molar-refractivity contribution in [1.29, 1.82) is 0 Å². The van der Waals surface area contributed by atoms with Crippen LogP contribution in [-0.2, 0) is 10.8 Å². The molecule has 10 aromatic rings. The van der Waals surface area contributed by atoms with Gasteiger partial charge in [0.2, 0.25) is 0 Å². The fraction of sp³-hybridized carbons (Fsp3) is 0.0656. The summed E-state index contributed by atoms with van der Waals surface area (Å²) in [5.41, 5.74) is 19.4. The van der Waals surface area contributed by atoms with Gasteiger partial charge in [-0.2, -0.15) is 0 Å². The lowest BCUT2D eigenvalue weighted by molar-refractivity contribution is 0.661. The predicted octanol–water partition coefficient (Wildman–Crippen LogP) is 15.7. The van der Waals surface area contributed by atoms with E-state index >= 15 is 0 Å². The Morgan fingerprint density at radius 2 is 0.825 bits per heavy atom. The van der Waals surface area contributed by atoms with Crippen molar-refractivity contribution in [3.63, 3.8) is 0 Å². The highest BCUT2D eigenvalue weighted by atomic mass is 15.1. The lowest BCUT2D eigenvalue weighted by Crippen LogP contribution is -2.28. The normalized spacial score (nSPS) is 13.8. The summed E-state index contributed by atoms with van der Waals surface area (Å²) in [7, 11) is 0. The van der Waals surface area contributed by atoms with E-state index in [0.717, 1.165) is 39.6 Å². The molecule has 0 bridgehead atoms. The highest BCUT2D eigenvalue weighted by molar-refractivity contribution is 5.96. The number of pyridine rings is 1. The van der Waals surface area contributed by atoms with Crippen LogP contribution in [0.5, 0.6) is 0 Å². The number of hydrogen-bond donors (Lipinski definition) is 0. The van der Waals surface area contributed by atoms with Gasteiger partial charge < -0.3 is 4.90 Å². The maximum atomic E-state index is 5.34. The summed E-state index contributed by atoms with van der Waals surface area (Å²) in [5.74, 6) is 0. The third-order valence-electron chi connectivity index (χ3n) is 13.7. The highest BCUT2D eigenvalue weighted by Crippen LogP contribution is 2.58. The van der Waals surface area contributed by atoms with Gasteiger partial charge in [-0.3, -0.25) is 0 Å². The Bertz CT molecular complexity index is 3260. The molecule has 2 aliphatic rings. The smallest absolute Gasteiger partial charge is 0.0730 e. The minimum atomic E-state index is -0.541. The molecular weight excluding hydrogens is 761 g/mol. The third-order valence-corrected chi connectivity index (χ3v) is 13.7. The van der Waals surface area contributed by atoms with E-state index in [-0.39, 0.29) is 5.41 Å². The largest absolute Gasteiger partial charge is 0.310 e. The Hall–Kier alpha value is -7.81. The van der Waals surface area contributed by atoms with Gasteiger partial charge in [0.25, 0.3) is 0 Å². The van der Waals surface area contributed by atoms with E-state index in [1.807, 2.05) is 0 Å². The molecule has 1 aromatic heterocycles. The molecule has 63 heavy (non-hydrogen) atoms. The molecule has 0 amide bonds. The number of aromatic nitrogens is 1. The van der Waals surface area contributed by atoms with Crippen molar-refractivity contribution >= 4 is 27.8 Å². The standard InChI is InChI=1S/C61H44N2/c1-60(2)54-34-32-47(37-53(54)52-35-43-23-15-16-24-44(43)36-56(52)60)63(49-39-58(41-19-7-3-8-20-41)62-59(40-49)42-21-9-4-10-22-42)48-31-33-51-50-29-17-18-30-55(50)61(57(51)38-48,45-25-11-5-12-26-45)46-27-13-6-14-28-46/h3-40H,1-2H3. The zero-order valence-electron chi connectivity index (χ0n) is 35.3. The molecule has 0 radical (unpaired) electrons. The summed E-state index contributed by atoms with van der Waals surface area (Å²) in [5, 5.41) is 2.53. The maximum Gasteiger partial charge on any atom is 0.0730 e. The van der Waals surface area contributed by atoms with Gasteiger partial charge in [0.05, 0.1) is 22.5 Å². The molecule has 2 aliphatic carbocycles. The predicted molar refractivity (Wildman–Crippen MR) is 262 cm³/mol. The molecule has 298 valence electrons. The summed E-state index contributed by atoms with van der Waals surface area (Å²) in [6, 6.07) is 84.7. The molecule has 0 saturated carbocycles. The Balaban J connectivity index is 1.15. The van der Waals surface area contributed by atoms with E-state index in [1.54, 1.807) is 0 Å². The quantitative estimate of drug-likeness (QED) is 0.160. The highest BCUT2D eigenvalue weighted by Gasteiger charge is 2.46. The van der Waals surface area contributed by atoms with Crippen molar-refractivity contribution in [2.75, 3.05) is 4.90 Å². The molecule has 0 atom stereocenters. The first-order chi connectivity index (χ1) is 31.0. The molecule has 2 heteroatoms. The van der Waals surface area contributed by atoms with Crippen LogP contribution in [-0.4, -0.2) is 4.98 Å². The van der Waals surface area contributed by atoms with Gasteiger partial charge in [-0.05, 0) is 115 Å². The van der Waals surface area contributed by atoms with Crippen molar-refractivity contribution < 1.29 is 0 Å². The Labute approximate surface area is 369 Å². The topological polar surface area (TPSA) is 16.1 Å². The van der Waals surface area contributed by atoms with E-state index in [4.69, 9.17) is 4.98 Å². The Kier molecular flexibility index (Phi) is 8.45. The second-order valence-electron chi connectivity index (χ2n) is 17.5. The molecule has 0 fully saturated rings. The Morgan fingerprint density at radius 1 is 0.333 bits per heavy atom. The average Bonchev–Trinajstić information content (AvgIpc) is 3.76. The van der Waals surface area contributed by atoms with Gasteiger partial charge in [-0.1, -0.05) is 196 Å². The van der Waals surface area contributed by atoms with Gasteiger partial charge in [-0.25, -0.2) is 4.98 Å². The lowest BCUT2D eigenvalue weighted by Gasteiger charge is -2.35. The first-order valence-corrected chi connectivity index (χ1v) is 22.0. The molecule has 0 aliphatic heterocycles. The van der Waals surface area contributed by atoms with E-state index in [1.165, 1.54) is 66.4 Å². The SMILES string of the molecule is CC1(C)c2ccc(N(c3cc(-c4ccccc4)nc(-c4ccccc4)c3)c3ccc4c(c3)C(c3ccccc3)(c3ccccc3)c3ccccc3-4)cc2-c2cc3ccccc3cc21. The van der Waals surface area contributed by atoms with Crippen LogP contribution in [0.15, 0.2) is 231 Å². The third kappa shape index (κ3) is 5.75. The van der Waals surface area contributed by atoms with Crippen LogP contribution >= 0.6 is 0 Å². The summed E-state index contributed by atoms with van der Waals surface area (Å²) in [6.07, 6.45) is 0. The number of nitrogens with zero attached hydrogens (tertiary/aromatic N) is 2. The van der Waals surface area contributed by atoms with Crippen LogP contribution in [0.4, 0.5) is 17.1 Å². The molecule has 12 rings (SSSR count). The van der Waals surface area contributed by atoms with Crippen LogP contribution in [0.3, 0.4) is 0 Å². The number of rotatable bonds is 7. The van der Waals surface area contributed by atoms with Crippen molar-refractivity contribution in [2.24, 2.45) is 0 Å².